The summed E-state index contributed by atoms with van der Waals surface area (Å²) in [7, 11) is 1.81. The molecule has 5 nitrogen and oxygen atoms in total. The van der Waals surface area contributed by atoms with Crippen LogP contribution in [0.25, 0.3) is 16.8 Å². The smallest absolute Gasteiger partial charge is 0.257 e. The second-order valence-electron chi connectivity index (χ2n) is 7.47. The van der Waals surface area contributed by atoms with Crippen molar-refractivity contribution in [1.29, 1.82) is 0 Å². The van der Waals surface area contributed by atoms with Crippen LogP contribution in [0.3, 0.4) is 0 Å². The zero-order chi connectivity index (χ0) is 20.5. The van der Waals surface area contributed by atoms with Gasteiger partial charge in [-0.2, -0.15) is 5.10 Å². The van der Waals surface area contributed by atoms with E-state index in [9.17, 15) is 4.79 Å². The molecule has 0 unspecified atom stereocenters. The molecule has 2 aromatic heterocycles. The molecule has 0 saturated heterocycles. The lowest BCUT2D eigenvalue weighted by Gasteiger charge is -2.18. The molecular weight excluding hydrogens is 360 g/mol. The molecule has 5 heteroatoms. The Morgan fingerprint density at radius 1 is 1.03 bits per heavy atom. The van der Waals surface area contributed by atoms with Gasteiger partial charge >= 0.3 is 0 Å². The van der Waals surface area contributed by atoms with Crippen LogP contribution >= 0.6 is 0 Å². The van der Waals surface area contributed by atoms with Crippen LogP contribution in [-0.2, 0) is 6.54 Å². The predicted octanol–water partition coefficient (Wildman–Crippen LogP) is 4.59. The number of carbonyl (C=O) groups is 1. The molecular formula is C24H24N4O. The Bertz CT molecular complexity index is 1190. The number of hydrogen-bond donors (Lipinski definition) is 0. The van der Waals surface area contributed by atoms with Gasteiger partial charge in [0.1, 0.15) is 0 Å². The van der Waals surface area contributed by atoms with E-state index in [1.165, 1.54) is 5.56 Å². The minimum Gasteiger partial charge on any atom is -0.337 e. The van der Waals surface area contributed by atoms with Crippen LogP contribution in [0.1, 0.15) is 32.9 Å². The Morgan fingerprint density at radius 3 is 2.52 bits per heavy atom. The zero-order valence-electron chi connectivity index (χ0n) is 17.2. The summed E-state index contributed by atoms with van der Waals surface area (Å²) in [4.78, 5) is 19.4. The third-order valence-electron chi connectivity index (χ3n) is 5.21. The molecule has 29 heavy (non-hydrogen) atoms. The molecule has 146 valence electrons. The highest BCUT2D eigenvalue weighted by atomic mass is 16.2. The molecule has 0 fully saturated rings. The number of rotatable bonds is 4. The van der Waals surface area contributed by atoms with Crippen molar-refractivity contribution in [3.8, 4) is 11.1 Å². The lowest BCUT2D eigenvalue weighted by molar-refractivity contribution is 0.0783. The standard InChI is InChI=1S/C24H24N4O/c1-16-9-8-12-20(13-16)22-17(2)26-28-18(3)21(14-25-23(22)28)24(29)27(4)15-19-10-6-5-7-11-19/h5-14H,15H2,1-4H3. The minimum atomic E-state index is -0.0639. The van der Waals surface area contributed by atoms with Crippen molar-refractivity contribution < 1.29 is 4.79 Å². The maximum atomic E-state index is 13.1. The Balaban J connectivity index is 1.72. The number of aryl methyl sites for hydroxylation is 3. The van der Waals surface area contributed by atoms with E-state index >= 15 is 0 Å². The monoisotopic (exact) mass is 384 g/mol. The summed E-state index contributed by atoms with van der Waals surface area (Å²) >= 11 is 0. The van der Waals surface area contributed by atoms with Crippen LogP contribution in [0.15, 0.2) is 60.8 Å². The summed E-state index contributed by atoms with van der Waals surface area (Å²) in [6.45, 7) is 6.52. The van der Waals surface area contributed by atoms with E-state index < -0.39 is 0 Å². The summed E-state index contributed by atoms with van der Waals surface area (Å²) in [5.41, 5.74) is 7.40. The van der Waals surface area contributed by atoms with E-state index in [2.05, 4.69) is 35.2 Å². The molecule has 0 radical (unpaired) electrons. The largest absolute Gasteiger partial charge is 0.337 e. The van der Waals surface area contributed by atoms with E-state index in [0.29, 0.717) is 12.1 Å². The fraction of sp³-hybridized carbons (Fsp3) is 0.208. The maximum Gasteiger partial charge on any atom is 0.257 e. The Morgan fingerprint density at radius 2 is 1.79 bits per heavy atom. The topological polar surface area (TPSA) is 50.5 Å². The average Bonchev–Trinajstić information content (AvgIpc) is 3.05. The highest BCUT2D eigenvalue weighted by Gasteiger charge is 2.21. The fourth-order valence-electron chi connectivity index (χ4n) is 3.68. The normalized spacial score (nSPS) is 11.0. The Labute approximate surface area is 170 Å². The number of hydrogen-bond acceptors (Lipinski definition) is 3. The molecule has 0 bridgehead atoms. The summed E-state index contributed by atoms with van der Waals surface area (Å²) in [6.07, 6.45) is 1.68. The summed E-state index contributed by atoms with van der Waals surface area (Å²) < 4.78 is 1.79. The first-order valence-electron chi connectivity index (χ1n) is 9.67. The van der Waals surface area contributed by atoms with Crippen molar-refractivity contribution >= 4 is 11.6 Å². The average molecular weight is 384 g/mol. The third-order valence-corrected chi connectivity index (χ3v) is 5.21. The summed E-state index contributed by atoms with van der Waals surface area (Å²) in [5, 5.41) is 4.69. The summed E-state index contributed by atoms with van der Waals surface area (Å²) in [5.74, 6) is -0.0639. The van der Waals surface area contributed by atoms with Gasteiger partial charge in [-0.3, -0.25) is 4.79 Å². The van der Waals surface area contributed by atoms with Crippen molar-refractivity contribution in [1.82, 2.24) is 19.5 Å². The van der Waals surface area contributed by atoms with Crippen molar-refractivity contribution in [2.45, 2.75) is 27.3 Å². The number of benzene rings is 2. The van der Waals surface area contributed by atoms with E-state index in [1.807, 2.05) is 57.3 Å². The van der Waals surface area contributed by atoms with Crippen LogP contribution in [0.2, 0.25) is 0 Å². The fourth-order valence-corrected chi connectivity index (χ4v) is 3.68. The molecule has 0 aliphatic rings. The van der Waals surface area contributed by atoms with E-state index in [-0.39, 0.29) is 5.91 Å². The predicted molar refractivity (Wildman–Crippen MR) is 115 cm³/mol. The van der Waals surface area contributed by atoms with Gasteiger partial charge in [-0.1, -0.05) is 60.2 Å². The van der Waals surface area contributed by atoms with E-state index in [1.54, 1.807) is 15.6 Å². The van der Waals surface area contributed by atoms with Crippen LogP contribution in [0.4, 0.5) is 0 Å². The first-order chi connectivity index (χ1) is 14.0. The third kappa shape index (κ3) is 3.51. The quantitative estimate of drug-likeness (QED) is 0.517. The molecule has 0 N–H and O–H groups in total. The van der Waals surface area contributed by atoms with Gasteiger partial charge in [-0.05, 0) is 31.9 Å². The SMILES string of the molecule is Cc1cccc(-c2c(C)nn3c(C)c(C(=O)N(C)Cc4ccccc4)cnc23)c1. The van der Waals surface area contributed by atoms with Crippen LogP contribution in [-0.4, -0.2) is 32.5 Å². The van der Waals surface area contributed by atoms with E-state index in [0.717, 1.165) is 33.7 Å². The molecule has 2 heterocycles. The maximum absolute atomic E-state index is 13.1. The number of nitrogens with zero attached hydrogens (tertiary/aromatic N) is 4. The molecule has 1 amide bonds. The Kier molecular flexibility index (Phi) is 4.89. The van der Waals surface area contributed by atoms with Crippen molar-refractivity contribution in [2.75, 3.05) is 7.05 Å². The van der Waals surface area contributed by atoms with Crippen molar-refractivity contribution in [3.05, 3.63) is 88.9 Å². The van der Waals surface area contributed by atoms with Crippen molar-refractivity contribution in [2.24, 2.45) is 0 Å². The first kappa shape index (κ1) is 18.9. The van der Waals surface area contributed by atoms with Gasteiger partial charge in [-0.25, -0.2) is 9.50 Å². The minimum absolute atomic E-state index is 0.0639. The molecule has 0 aliphatic heterocycles. The van der Waals surface area contributed by atoms with Gasteiger partial charge in [0.05, 0.1) is 17.0 Å². The van der Waals surface area contributed by atoms with Crippen LogP contribution in [0, 0.1) is 20.8 Å². The van der Waals surface area contributed by atoms with Crippen LogP contribution < -0.4 is 0 Å². The highest BCUT2D eigenvalue weighted by Crippen LogP contribution is 2.29. The summed E-state index contributed by atoms with van der Waals surface area (Å²) in [6, 6.07) is 18.3. The lowest BCUT2D eigenvalue weighted by Crippen LogP contribution is -2.27. The molecule has 0 aliphatic carbocycles. The number of fused-ring (bicyclic) bond motifs is 1. The zero-order valence-corrected chi connectivity index (χ0v) is 17.2. The highest BCUT2D eigenvalue weighted by molar-refractivity contribution is 5.95. The van der Waals surface area contributed by atoms with Gasteiger partial charge in [0, 0.05) is 25.4 Å². The second kappa shape index (κ2) is 7.51. The van der Waals surface area contributed by atoms with Gasteiger partial charge in [-0.15, -0.1) is 0 Å². The first-order valence-corrected chi connectivity index (χ1v) is 9.67. The van der Waals surface area contributed by atoms with E-state index in [4.69, 9.17) is 0 Å². The molecule has 4 rings (SSSR count). The van der Waals surface area contributed by atoms with Gasteiger partial charge in [0.15, 0.2) is 5.65 Å². The second-order valence-corrected chi connectivity index (χ2v) is 7.47. The van der Waals surface area contributed by atoms with Gasteiger partial charge in [0.2, 0.25) is 0 Å². The number of aromatic nitrogens is 3. The molecule has 0 spiro atoms. The molecule has 0 saturated carbocycles. The Hall–Kier alpha value is -3.47. The van der Waals surface area contributed by atoms with Gasteiger partial charge in [0.25, 0.3) is 5.91 Å². The molecule has 0 atom stereocenters. The van der Waals surface area contributed by atoms with Crippen molar-refractivity contribution in [3.63, 3.8) is 0 Å². The molecule has 4 aromatic rings. The lowest BCUT2D eigenvalue weighted by atomic mass is 10.0. The number of amides is 1. The van der Waals surface area contributed by atoms with Gasteiger partial charge < -0.3 is 4.90 Å². The van der Waals surface area contributed by atoms with Crippen LogP contribution in [0.5, 0.6) is 0 Å². The number of carbonyl (C=O) groups excluding carboxylic acids is 1. The molecule has 2 aromatic carbocycles.